The van der Waals surface area contributed by atoms with Crippen LogP contribution in [0.2, 0.25) is 0 Å². The summed E-state index contributed by atoms with van der Waals surface area (Å²) in [4.78, 5) is 28.5. The Bertz CT molecular complexity index is 1310. The van der Waals surface area contributed by atoms with E-state index in [9.17, 15) is 9.59 Å². The summed E-state index contributed by atoms with van der Waals surface area (Å²) in [7, 11) is 0. The van der Waals surface area contributed by atoms with Crippen molar-refractivity contribution >= 4 is 38.5 Å². The van der Waals surface area contributed by atoms with Gasteiger partial charge >= 0.3 is 0 Å². The van der Waals surface area contributed by atoms with E-state index in [1.165, 1.54) is 0 Å². The molecule has 2 heterocycles. The Morgan fingerprint density at radius 3 is 2.38 bits per heavy atom. The number of halogens is 1. The molecule has 0 spiro atoms. The number of carbonyl (C=O) groups is 1. The third-order valence-corrected chi connectivity index (χ3v) is 5.77. The van der Waals surface area contributed by atoms with E-state index in [0.29, 0.717) is 16.5 Å². The fourth-order valence-corrected chi connectivity index (χ4v) is 4.17. The number of fused-ring (bicyclic) bond motifs is 2. The molecule has 1 atom stereocenters. The number of amides is 1. The molecular weight excluding hydrogens is 430 g/mol. The first-order valence-corrected chi connectivity index (χ1v) is 10.1. The highest BCUT2D eigenvalue weighted by atomic mass is 79.9. The van der Waals surface area contributed by atoms with Crippen LogP contribution in [-0.2, 0) is 0 Å². The fourth-order valence-electron chi connectivity index (χ4n) is 3.90. The minimum Gasteiger partial charge on any atom is -0.450 e. The Morgan fingerprint density at radius 1 is 0.931 bits per heavy atom. The number of anilines is 1. The van der Waals surface area contributed by atoms with Gasteiger partial charge in [-0.2, -0.15) is 0 Å². The molecule has 4 nitrogen and oxygen atoms in total. The van der Waals surface area contributed by atoms with Crippen molar-refractivity contribution in [1.29, 1.82) is 0 Å². The van der Waals surface area contributed by atoms with Crippen LogP contribution in [0.25, 0.3) is 11.0 Å². The number of nitrogens with zero attached hydrogens (tertiary/aromatic N) is 1. The molecule has 0 saturated carbocycles. The fraction of sp³-hybridized carbons (Fsp3) is 0.0833. The van der Waals surface area contributed by atoms with E-state index < -0.39 is 6.04 Å². The van der Waals surface area contributed by atoms with Gasteiger partial charge < -0.3 is 4.42 Å². The number of aryl methyl sites for hydroxylation is 1. The maximum Gasteiger partial charge on any atom is 0.295 e. The van der Waals surface area contributed by atoms with Crippen LogP contribution < -0.4 is 10.3 Å². The second kappa shape index (κ2) is 6.71. The average Bonchev–Trinajstić information content (AvgIpc) is 3.03. The largest absolute Gasteiger partial charge is 0.450 e. The third-order valence-electron chi connectivity index (χ3n) is 5.25. The van der Waals surface area contributed by atoms with Gasteiger partial charge in [0.2, 0.25) is 5.76 Å². The second-order valence-electron chi connectivity index (χ2n) is 7.14. The highest BCUT2D eigenvalue weighted by Gasteiger charge is 2.43. The van der Waals surface area contributed by atoms with Gasteiger partial charge in [-0.25, -0.2) is 0 Å². The van der Waals surface area contributed by atoms with Crippen LogP contribution in [0.3, 0.4) is 0 Å². The first kappa shape index (κ1) is 17.9. The number of benzene rings is 3. The molecule has 1 unspecified atom stereocenters. The van der Waals surface area contributed by atoms with Crippen LogP contribution in [0.15, 0.2) is 86.5 Å². The molecule has 142 valence electrons. The molecular formula is C24H16BrNO3. The van der Waals surface area contributed by atoms with Crippen molar-refractivity contribution in [3.8, 4) is 0 Å². The van der Waals surface area contributed by atoms with Crippen LogP contribution >= 0.6 is 15.9 Å². The molecule has 1 aromatic heterocycles. The molecule has 0 radical (unpaired) electrons. The summed E-state index contributed by atoms with van der Waals surface area (Å²) in [5.74, 6) is -0.193. The zero-order valence-corrected chi connectivity index (χ0v) is 17.1. The third kappa shape index (κ3) is 2.81. The van der Waals surface area contributed by atoms with E-state index in [1.807, 2.05) is 73.7 Å². The van der Waals surface area contributed by atoms with Crippen LogP contribution in [0.4, 0.5) is 5.69 Å². The normalized spacial score (nSPS) is 15.7. The average molecular weight is 446 g/mol. The SMILES string of the molecule is Cc1ccc2oc3c(c(=O)c2c1)C(c1ccc(Br)cc1)N(c1ccccc1)C3=O. The summed E-state index contributed by atoms with van der Waals surface area (Å²) in [5.41, 5.74) is 3.19. The number of hydrogen-bond acceptors (Lipinski definition) is 3. The number of hydrogen-bond donors (Lipinski definition) is 0. The van der Waals surface area contributed by atoms with Crippen LogP contribution in [-0.4, -0.2) is 5.91 Å². The standard InChI is InChI=1S/C24H16BrNO3/c1-14-7-12-19-18(13-14)22(27)20-21(15-8-10-16(25)11-9-15)26(24(28)23(20)29-19)17-5-3-2-4-6-17/h2-13,21H,1H3. The lowest BCUT2D eigenvalue weighted by Crippen LogP contribution is -2.29. The Labute approximate surface area is 175 Å². The van der Waals surface area contributed by atoms with E-state index >= 15 is 0 Å². The Balaban J connectivity index is 1.83. The van der Waals surface area contributed by atoms with Crippen LogP contribution in [0.5, 0.6) is 0 Å². The maximum atomic E-state index is 13.5. The zero-order valence-electron chi connectivity index (χ0n) is 15.6. The summed E-state index contributed by atoms with van der Waals surface area (Å²) in [6.45, 7) is 1.93. The quantitative estimate of drug-likeness (QED) is 0.402. The van der Waals surface area contributed by atoms with E-state index in [4.69, 9.17) is 4.42 Å². The van der Waals surface area contributed by atoms with Gasteiger partial charge in [0.25, 0.3) is 5.91 Å². The van der Waals surface area contributed by atoms with Crippen LogP contribution in [0.1, 0.15) is 33.3 Å². The van der Waals surface area contributed by atoms with E-state index in [2.05, 4.69) is 15.9 Å². The van der Waals surface area contributed by atoms with Gasteiger partial charge in [-0.3, -0.25) is 14.5 Å². The molecule has 0 fully saturated rings. The molecule has 1 aliphatic heterocycles. The first-order valence-electron chi connectivity index (χ1n) is 9.26. The van der Waals surface area contributed by atoms with Gasteiger partial charge in [0.05, 0.1) is 17.0 Å². The molecule has 5 rings (SSSR count). The van der Waals surface area contributed by atoms with Crippen LogP contribution in [0, 0.1) is 6.92 Å². The van der Waals surface area contributed by atoms with E-state index in [-0.39, 0.29) is 17.1 Å². The first-order chi connectivity index (χ1) is 14.0. The second-order valence-corrected chi connectivity index (χ2v) is 8.05. The van der Waals surface area contributed by atoms with Crippen molar-refractivity contribution in [3.63, 3.8) is 0 Å². The Kier molecular flexibility index (Phi) is 4.14. The van der Waals surface area contributed by atoms with Gasteiger partial charge in [0, 0.05) is 10.2 Å². The molecule has 0 N–H and O–H groups in total. The maximum absolute atomic E-state index is 13.5. The zero-order chi connectivity index (χ0) is 20.1. The number of carbonyl (C=O) groups excluding carboxylic acids is 1. The molecule has 0 bridgehead atoms. The lowest BCUT2D eigenvalue weighted by Gasteiger charge is -2.25. The molecule has 1 aliphatic rings. The van der Waals surface area contributed by atoms with Crippen molar-refractivity contribution in [2.45, 2.75) is 13.0 Å². The molecule has 1 amide bonds. The lowest BCUT2D eigenvalue weighted by molar-refractivity contribution is 0.0971. The number of rotatable bonds is 2. The highest BCUT2D eigenvalue weighted by Crippen LogP contribution is 2.41. The van der Waals surface area contributed by atoms with Crippen molar-refractivity contribution in [2.75, 3.05) is 4.90 Å². The van der Waals surface area contributed by atoms with Gasteiger partial charge in [-0.05, 0) is 48.9 Å². The highest BCUT2D eigenvalue weighted by molar-refractivity contribution is 9.10. The number of para-hydroxylation sites is 1. The van der Waals surface area contributed by atoms with Gasteiger partial charge in [-0.15, -0.1) is 0 Å². The summed E-state index contributed by atoms with van der Waals surface area (Å²) < 4.78 is 6.91. The molecule has 5 heteroatoms. The molecule has 3 aromatic carbocycles. The molecule has 0 saturated heterocycles. The summed E-state index contributed by atoms with van der Waals surface area (Å²) in [6.07, 6.45) is 0. The molecule has 0 aliphatic carbocycles. The van der Waals surface area contributed by atoms with E-state index in [1.54, 1.807) is 11.0 Å². The summed E-state index contributed by atoms with van der Waals surface area (Å²) in [6, 6.07) is 21.9. The minimum atomic E-state index is -0.547. The predicted octanol–water partition coefficient (Wildman–Crippen LogP) is 5.61. The van der Waals surface area contributed by atoms with Gasteiger partial charge in [0.15, 0.2) is 5.43 Å². The van der Waals surface area contributed by atoms with Crippen molar-refractivity contribution in [2.24, 2.45) is 0 Å². The molecule has 4 aromatic rings. The smallest absolute Gasteiger partial charge is 0.295 e. The lowest BCUT2D eigenvalue weighted by atomic mass is 9.98. The minimum absolute atomic E-state index is 0.114. The molecule has 29 heavy (non-hydrogen) atoms. The summed E-state index contributed by atoms with van der Waals surface area (Å²) in [5, 5.41) is 0.494. The van der Waals surface area contributed by atoms with Crippen molar-refractivity contribution < 1.29 is 9.21 Å². The topological polar surface area (TPSA) is 50.5 Å². The van der Waals surface area contributed by atoms with Crippen molar-refractivity contribution in [3.05, 3.63) is 110 Å². The summed E-state index contributed by atoms with van der Waals surface area (Å²) >= 11 is 3.45. The van der Waals surface area contributed by atoms with E-state index in [0.717, 1.165) is 21.3 Å². The van der Waals surface area contributed by atoms with Gasteiger partial charge in [-0.1, -0.05) is 57.9 Å². The predicted molar refractivity (Wildman–Crippen MR) is 116 cm³/mol. The van der Waals surface area contributed by atoms with Gasteiger partial charge in [0.1, 0.15) is 5.58 Å². The monoisotopic (exact) mass is 445 g/mol. The van der Waals surface area contributed by atoms with Crippen molar-refractivity contribution in [1.82, 2.24) is 0 Å². The Morgan fingerprint density at radius 2 is 1.66 bits per heavy atom. The Hall–Kier alpha value is -3.18.